The van der Waals surface area contributed by atoms with Gasteiger partial charge in [-0.25, -0.2) is 8.78 Å². The molecule has 0 aliphatic heterocycles. The zero-order valence-corrected chi connectivity index (χ0v) is 10.3. The van der Waals surface area contributed by atoms with Gasteiger partial charge in [-0.3, -0.25) is 0 Å². The zero-order valence-electron chi connectivity index (χ0n) is 8.68. The van der Waals surface area contributed by atoms with Crippen molar-refractivity contribution in [3.05, 3.63) is 52.5 Å². The quantitative estimate of drug-likeness (QED) is 0.821. The number of anilines is 3. The SMILES string of the molecule is Nc1c(F)cccc1Nc1ccc(Br)cc1F. The van der Waals surface area contributed by atoms with Crippen molar-refractivity contribution >= 4 is 33.0 Å². The minimum absolute atomic E-state index is 0.0326. The van der Waals surface area contributed by atoms with Crippen LogP contribution in [-0.4, -0.2) is 0 Å². The molecule has 0 saturated heterocycles. The fraction of sp³-hybridized carbons (Fsp3) is 0. The predicted octanol–water partition coefficient (Wildman–Crippen LogP) is 4.05. The molecule has 2 aromatic rings. The predicted molar refractivity (Wildman–Crippen MR) is 68.2 cm³/mol. The maximum absolute atomic E-state index is 13.5. The van der Waals surface area contributed by atoms with Gasteiger partial charge in [0.1, 0.15) is 11.6 Å². The Kier molecular flexibility index (Phi) is 3.28. The smallest absolute Gasteiger partial charge is 0.148 e. The molecule has 5 heteroatoms. The first-order chi connectivity index (χ1) is 8.08. The zero-order chi connectivity index (χ0) is 12.4. The summed E-state index contributed by atoms with van der Waals surface area (Å²) in [5.74, 6) is -0.976. The Morgan fingerprint density at radius 2 is 1.76 bits per heavy atom. The van der Waals surface area contributed by atoms with Crippen molar-refractivity contribution in [1.29, 1.82) is 0 Å². The van der Waals surface area contributed by atoms with E-state index >= 15 is 0 Å². The van der Waals surface area contributed by atoms with E-state index in [2.05, 4.69) is 21.2 Å². The third-order valence-corrected chi connectivity index (χ3v) is 2.75. The Morgan fingerprint density at radius 3 is 2.47 bits per heavy atom. The second-order valence-corrected chi connectivity index (χ2v) is 4.37. The first kappa shape index (κ1) is 11.9. The number of nitrogen functional groups attached to an aromatic ring is 1. The highest BCUT2D eigenvalue weighted by Gasteiger charge is 2.07. The number of nitrogens with one attached hydrogen (secondary N) is 1. The van der Waals surface area contributed by atoms with Crippen molar-refractivity contribution in [2.24, 2.45) is 0 Å². The first-order valence-electron chi connectivity index (χ1n) is 4.84. The van der Waals surface area contributed by atoms with Gasteiger partial charge < -0.3 is 11.1 Å². The Hall–Kier alpha value is -1.62. The molecule has 0 fully saturated rings. The minimum Gasteiger partial charge on any atom is -0.395 e. The van der Waals surface area contributed by atoms with Gasteiger partial charge in [-0.1, -0.05) is 22.0 Å². The van der Waals surface area contributed by atoms with E-state index in [9.17, 15) is 8.78 Å². The molecule has 0 bridgehead atoms. The fourth-order valence-electron chi connectivity index (χ4n) is 1.38. The molecule has 88 valence electrons. The molecule has 0 atom stereocenters. The molecule has 2 nitrogen and oxygen atoms in total. The second kappa shape index (κ2) is 4.71. The van der Waals surface area contributed by atoms with Crippen LogP contribution < -0.4 is 11.1 Å². The molecule has 0 saturated carbocycles. The summed E-state index contributed by atoms with van der Waals surface area (Å²) < 4.78 is 27.4. The molecule has 2 aromatic carbocycles. The fourth-order valence-corrected chi connectivity index (χ4v) is 1.72. The number of halogens is 3. The first-order valence-corrected chi connectivity index (χ1v) is 5.63. The summed E-state index contributed by atoms with van der Waals surface area (Å²) in [5, 5.41) is 2.75. The number of benzene rings is 2. The lowest BCUT2D eigenvalue weighted by molar-refractivity contribution is 0.629. The average Bonchev–Trinajstić information content (AvgIpc) is 2.28. The van der Waals surface area contributed by atoms with Crippen LogP contribution in [0.1, 0.15) is 0 Å². The average molecular weight is 299 g/mol. The van der Waals surface area contributed by atoms with Crippen molar-refractivity contribution in [3.63, 3.8) is 0 Å². The van der Waals surface area contributed by atoms with Crippen molar-refractivity contribution in [2.45, 2.75) is 0 Å². The van der Waals surface area contributed by atoms with Gasteiger partial charge in [0.15, 0.2) is 0 Å². The van der Waals surface area contributed by atoms with Gasteiger partial charge in [0.2, 0.25) is 0 Å². The molecule has 0 unspecified atom stereocenters. The van der Waals surface area contributed by atoms with Crippen LogP contribution in [0.5, 0.6) is 0 Å². The summed E-state index contributed by atoms with van der Waals surface area (Å²) >= 11 is 3.16. The summed E-state index contributed by atoms with van der Waals surface area (Å²) in [4.78, 5) is 0. The van der Waals surface area contributed by atoms with Gasteiger partial charge in [-0.2, -0.15) is 0 Å². The topological polar surface area (TPSA) is 38.0 Å². The molecule has 0 aromatic heterocycles. The van der Waals surface area contributed by atoms with Crippen LogP contribution in [0.2, 0.25) is 0 Å². The van der Waals surface area contributed by atoms with Gasteiger partial charge >= 0.3 is 0 Å². The van der Waals surface area contributed by atoms with E-state index in [0.717, 1.165) is 0 Å². The molecule has 2 rings (SSSR count). The van der Waals surface area contributed by atoms with Crippen molar-refractivity contribution in [1.82, 2.24) is 0 Å². The second-order valence-electron chi connectivity index (χ2n) is 3.45. The van der Waals surface area contributed by atoms with Crippen LogP contribution in [0.4, 0.5) is 25.8 Å². The molecular formula is C12H9BrF2N2. The molecule has 0 amide bonds. The third-order valence-electron chi connectivity index (χ3n) is 2.25. The summed E-state index contributed by atoms with van der Waals surface area (Å²) in [6, 6.07) is 8.88. The van der Waals surface area contributed by atoms with Crippen LogP contribution in [0.3, 0.4) is 0 Å². The monoisotopic (exact) mass is 298 g/mol. The number of nitrogens with two attached hydrogens (primary N) is 1. The maximum atomic E-state index is 13.5. The minimum atomic E-state index is -0.535. The van der Waals surface area contributed by atoms with E-state index in [0.29, 0.717) is 10.2 Å². The van der Waals surface area contributed by atoms with E-state index in [1.54, 1.807) is 18.2 Å². The molecule has 0 radical (unpaired) electrons. The Bertz CT molecular complexity index is 558. The molecule has 0 aliphatic rings. The number of hydrogen-bond acceptors (Lipinski definition) is 2. The highest BCUT2D eigenvalue weighted by atomic mass is 79.9. The summed E-state index contributed by atoms with van der Waals surface area (Å²) in [6.45, 7) is 0. The normalized spacial score (nSPS) is 10.3. The van der Waals surface area contributed by atoms with E-state index in [1.807, 2.05) is 0 Å². The van der Waals surface area contributed by atoms with Crippen molar-refractivity contribution in [3.8, 4) is 0 Å². The van der Waals surface area contributed by atoms with Gasteiger partial charge in [-0.05, 0) is 30.3 Å². The Labute approximate surface area is 106 Å². The lowest BCUT2D eigenvalue weighted by Gasteiger charge is -2.10. The standard InChI is InChI=1S/C12H9BrF2N2/c13-7-4-5-10(9(15)6-7)17-11-3-1-2-8(14)12(11)16/h1-6,17H,16H2. The van der Waals surface area contributed by atoms with Crippen LogP contribution in [0.15, 0.2) is 40.9 Å². The Balaban J connectivity index is 2.35. The van der Waals surface area contributed by atoms with Crippen LogP contribution in [0, 0.1) is 11.6 Å². The highest BCUT2D eigenvalue weighted by Crippen LogP contribution is 2.27. The van der Waals surface area contributed by atoms with E-state index < -0.39 is 11.6 Å². The van der Waals surface area contributed by atoms with Crippen LogP contribution in [-0.2, 0) is 0 Å². The summed E-state index contributed by atoms with van der Waals surface area (Å²) in [5.41, 5.74) is 6.09. The molecular weight excluding hydrogens is 290 g/mol. The lowest BCUT2D eigenvalue weighted by Crippen LogP contribution is -2.00. The molecule has 0 spiro atoms. The summed E-state index contributed by atoms with van der Waals surface area (Å²) in [7, 11) is 0. The van der Waals surface area contributed by atoms with E-state index in [1.165, 1.54) is 18.2 Å². The molecule has 3 N–H and O–H groups in total. The van der Waals surface area contributed by atoms with Gasteiger partial charge in [0, 0.05) is 4.47 Å². The number of hydrogen-bond donors (Lipinski definition) is 2. The van der Waals surface area contributed by atoms with Crippen LogP contribution >= 0.6 is 15.9 Å². The van der Waals surface area contributed by atoms with Gasteiger partial charge in [0.25, 0.3) is 0 Å². The Morgan fingerprint density at radius 1 is 1.00 bits per heavy atom. The maximum Gasteiger partial charge on any atom is 0.148 e. The molecule has 17 heavy (non-hydrogen) atoms. The lowest BCUT2D eigenvalue weighted by atomic mass is 10.2. The van der Waals surface area contributed by atoms with Crippen molar-refractivity contribution in [2.75, 3.05) is 11.1 Å². The van der Waals surface area contributed by atoms with E-state index in [-0.39, 0.29) is 11.4 Å². The molecule has 0 aliphatic carbocycles. The number of para-hydroxylation sites is 1. The highest BCUT2D eigenvalue weighted by molar-refractivity contribution is 9.10. The number of rotatable bonds is 2. The van der Waals surface area contributed by atoms with Gasteiger partial charge in [0.05, 0.1) is 17.1 Å². The largest absolute Gasteiger partial charge is 0.395 e. The summed E-state index contributed by atoms with van der Waals surface area (Å²) in [6.07, 6.45) is 0. The van der Waals surface area contributed by atoms with Crippen LogP contribution in [0.25, 0.3) is 0 Å². The van der Waals surface area contributed by atoms with Crippen molar-refractivity contribution < 1.29 is 8.78 Å². The van der Waals surface area contributed by atoms with E-state index in [4.69, 9.17) is 5.73 Å². The molecule has 0 heterocycles. The van der Waals surface area contributed by atoms with Gasteiger partial charge in [-0.15, -0.1) is 0 Å². The third kappa shape index (κ3) is 2.55.